The molecule has 0 radical (unpaired) electrons. The number of unbranched alkanes of at least 4 members (excludes halogenated alkanes) is 1. The molecule has 0 bridgehead atoms. The molecule has 0 saturated heterocycles. The highest BCUT2D eigenvalue weighted by atomic mass is 16.5. The molecule has 1 N–H and O–H groups in total. The Balaban J connectivity index is 1.28. The summed E-state index contributed by atoms with van der Waals surface area (Å²) in [6.45, 7) is 0.511. The molecule has 3 heterocycles. The molecule has 154 valence electrons. The summed E-state index contributed by atoms with van der Waals surface area (Å²) in [4.78, 5) is 33.7. The van der Waals surface area contributed by atoms with Crippen molar-refractivity contribution in [3.63, 3.8) is 0 Å². The number of amides is 1. The summed E-state index contributed by atoms with van der Waals surface area (Å²) in [7, 11) is 1.94. The number of carbonyl (C=O) groups is 1. The number of hydrogen-bond donors (Lipinski definition) is 1. The van der Waals surface area contributed by atoms with Crippen LogP contribution in [0.15, 0.2) is 35.3 Å². The molecule has 3 aromatic rings. The van der Waals surface area contributed by atoms with Gasteiger partial charge in [-0.05, 0) is 43.9 Å². The fourth-order valence-electron chi connectivity index (χ4n) is 4.13. The van der Waals surface area contributed by atoms with E-state index in [1.54, 1.807) is 22.6 Å². The first-order valence-electron chi connectivity index (χ1n) is 10.5. The average Bonchev–Trinajstić information content (AvgIpc) is 3.25. The van der Waals surface area contributed by atoms with Gasteiger partial charge < -0.3 is 14.6 Å². The number of aromatic amines is 1. The van der Waals surface area contributed by atoms with Gasteiger partial charge in [0.1, 0.15) is 5.52 Å². The zero-order valence-corrected chi connectivity index (χ0v) is 16.9. The topological polar surface area (TPSA) is 79.7 Å². The third kappa shape index (κ3) is 4.28. The molecule has 0 aliphatic heterocycles. The van der Waals surface area contributed by atoms with Crippen LogP contribution in [0.3, 0.4) is 0 Å². The van der Waals surface area contributed by atoms with Crippen molar-refractivity contribution in [2.45, 2.75) is 57.4 Å². The molecule has 7 nitrogen and oxygen atoms in total. The zero-order chi connectivity index (χ0) is 20.2. The molecule has 4 rings (SSSR count). The number of ether oxygens (including phenoxy) is 1. The number of carbonyl (C=O) groups excluding carboxylic acids is 1. The van der Waals surface area contributed by atoms with Crippen LogP contribution in [-0.4, -0.2) is 44.9 Å². The molecule has 1 aliphatic carbocycles. The molecule has 1 aliphatic rings. The van der Waals surface area contributed by atoms with Gasteiger partial charge in [0.2, 0.25) is 11.8 Å². The molecule has 7 heteroatoms. The van der Waals surface area contributed by atoms with Crippen LogP contribution in [0.4, 0.5) is 0 Å². The SMILES string of the molecule is CN(C(=O)CCCCOc1ccc2[nH]c(=O)c3cccn3c2n1)C1CCCCC1. The van der Waals surface area contributed by atoms with Crippen molar-refractivity contribution >= 4 is 22.6 Å². The highest BCUT2D eigenvalue weighted by molar-refractivity contribution is 5.76. The molecule has 1 fully saturated rings. The van der Waals surface area contributed by atoms with Crippen LogP contribution in [0.5, 0.6) is 5.88 Å². The van der Waals surface area contributed by atoms with E-state index in [0.29, 0.717) is 41.6 Å². The van der Waals surface area contributed by atoms with Crippen LogP contribution < -0.4 is 10.3 Å². The molecule has 1 amide bonds. The Morgan fingerprint density at radius 3 is 2.90 bits per heavy atom. The number of aromatic nitrogens is 3. The van der Waals surface area contributed by atoms with Gasteiger partial charge in [0.25, 0.3) is 5.56 Å². The lowest BCUT2D eigenvalue weighted by Gasteiger charge is -2.31. The Morgan fingerprint density at radius 2 is 2.07 bits per heavy atom. The maximum Gasteiger partial charge on any atom is 0.272 e. The van der Waals surface area contributed by atoms with E-state index in [1.165, 1.54) is 19.3 Å². The second-order valence-electron chi connectivity index (χ2n) is 7.84. The van der Waals surface area contributed by atoms with E-state index in [1.807, 2.05) is 24.2 Å². The van der Waals surface area contributed by atoms with Crippen molar-refractivity contribution in [1.82, 2.24) is 19.3 Å². The molecule has 1 saturated carbocycles. The number of pyridine rings is 1. The second kappa shape index (κ2) is 8.68. The predicted molar refractivity (Wildman–Crippen MR) is 112 cm³/mol. The number of fused-ring (bicyclic) bond motifs is 3. The minimum absolute atomic E-state index is 0.138. The molecular formula is C22H28N4O3. The first kappa shape index (κ1) is 19.5. The van der Waals surface area contributed by atoms with Crippen LogP contribution in [0.25, 0.3) is 16.7 Å². The van der Waals surface area contributed by atoms with Crippen molar-refractivity contribution < 1.29 is 9.53 Å². The Hall–Kier alpha value is -2.83. The monoisotopic (exact) mass is 396 g/mol. The molecule has 0 unspecified atom stereocenters. The van der Waals surface area contributed by atoms with Gasteiger partial charge in [-0.15, -0.1) is 0 Å². The van der Waals surface area contributed by atoms with Crippen molar-refractivity contribution in [2.24, 2.45) is 0 Å². The highest BCUT2D eigenvalue weighted by Crippen LogP contribution is 2.22. The van der Waals surface area contributed by atoms with Gasteiger partial charge in [-0.1, -0.05) is 19.3 Å². The maximum atomic E-state index is 12.4. The van der Waals surface area contributed by atoms with Crippen LogP contribution in [-0.2, 0) is 4.79 Å². The van der Waals surface area contributed by atoms with E-state index >= 15 is 0 Å². The van der Waals surface area contributed by atoms with E-state index in [9.17, 15) is 9.59 Å². The number of rotatable bonds is 7. The van der Waals surface area contributed by atoms with E-state index in [-0.39, 0.29) is 11.5 Å². The van der Waals surface area contributed by atoms with E-state index in [4.69, 9.17) is 4.74 Å². The normalized spacial score (nSPS) is 15.1. The number of nitrogens with zero attached hydrogens (tertiary/aromatic N) is 3. The van der Waals surface area contributed by atoms with Crippen LogP contribution in [0, 0.1) is 0 Å². The smallest absolute Gasteiger partial charge is 0.272 e. The molecule has 0 spiro atoms. The summed E-state index contributed by atoms with van der Waals surface area (Å²) in [5, 5.41) is 0. The highest BCUT2D eigenvalue weighted by Gasteiger charge is 2.21. The van der Waals surface area contributed by atoms with Gasteiger partial charge in [-0.25, -0.2) is 0 Å². The van der Waals surface area contributed by atoms with Crippen molar-refractivity contribution in [1.29, 1.82) is 0 Å². The fourth-order valence-corrected chi connectivity index (χ4v) is 4.13. The van der Waals surface area contributed by atoms with Gasteiger partial charge in [-0.3, -0.25) is 14.0 Å². The van der Waals surface area contributed by atoms with Crippen LogP contribution in [0.1, 0.15) is 51.4 Å². The lowest BCUT2D eigenvalue weighted by molar-refractivity contribution is -0.132. The standard InChI is InChI=1S/C22H28N4O3/c1-25(16-8-3-2-4-9-16)20(27)11-5-6-15-29-19-13-12-17-21(24-19)26-14-7-10-18(26)22(28)23-17/h7,10,12-14,16H,2-6,8-9,11,15H2,1H3,(H,23,28). The summed E-state index contributed by atoms with van der Waals surface area (Å²) < 4.78 is 7.55. The van der Waals surface area contributed by atoms with Crippen LogP contribution >= 0.6 is 0 Å². The first-order valence-corrected chi connectivity index (χ1v) is 10.5. The van der Waals surface area contributed by atoms with Gasteiger partial charge >= 0.3 is 0 Å². The van der Waals surface area contributed by atoms with Crippen molar-refractivity contribution in [3.05, 3.63) is 40.8 Å². The van der Waals surface area contributed by atoms with Crippen LogP contribution in [0.2, 0.25) is 0 Å². The van der Waals surface area contributed by atoms with Crippen molar-refractivity contribution in [3.8, 4) is 5.88 Å². The summed E-state index contributed by atoms with van der Waals surface area (Å²) >= 11 is 0. The third-order valence-corrected chi connectivity index (χ3v) is 5.86. The molecule has 3 aromatic heterocycles. The number of H-pyrrole nitrogens is 1. The van der Waals surface area contributed by atoms with Gasteiger partial charge in [0, 0.05) is 31.8 Å². The molecule has 0 atom stereocenters. The Kier molecular flexibility index (Phi) is 5.83. The molecule has 0 aromatic carbocycles. The van der Waals surface area contributed by atoms with E-state index < -0.39 is 0 Å². The van der Waals surface area contributed by atoms with Gasteiger partial charge in [0.15, 0.2) is 5.65 Å². The summed E-state index contributed by atoms with van der Waals surface area (Å²) in [5.74, 6) is 0.755. The van der Waals surface area contributed by atoms with E-state index in [2.05, 4.69) is 9.97 Å². The first-order chi connectivity index (χ1) is 14.1. The zero-order valence-electron chi connectivity index (χ0n) is 16.9. The largest absolute Gasteiger partial charge is 0.478 e. The fraction of sp³-hybridized carbons (Fsp3) is 0.500. The molecule has 29 heavy (non-hydrogen) atoms. The van der Waals surface area contributed by atoms with Gasteiger partial charge in [0.05, 0.1) is 12.1 Å². The minimum atomic E-state index is -0.138. The molecular weight excluding hydrogens is 368 g/mol. The number of nitrogens with one attached hydrogen (secondary N) is 1. The summed E-state index contributed by atoms with van der Waals surface area (Å²) in [5.41, 5.74) is 1.75. The lowest BCUT2D eigenvalue weighted by Crippen LogP contribution is -2.38. The Bertz CT molecular complexity index is 1050. The maximum absolute atomic E-state index is 12.4. The van der Waals surface area contributed by atoms with Gasteiger partial charge in [-0.2, -0.15) is 4.98 Å². The lowest BCUT2D eigenvalue weighted by atomic mass is 9.94. The average molecular weight is 396 g/mol. The summed E-state index contributed by atoms with van der Waals surface area (Å²) in [6.07, 6.45) is 10.0. The quantitative estimate of drug-likeness (QED) is 0.620. The number of hydrogen-bond acceptors (Lipinski definition) is 4. The predicted octanol–water partition coefficient (Wildman–Crippen LogP) is 3.52. The van der Waals surface area contributed by atoms with Crippen molar-refractivity contribution in [2.75, 3.05) is 13.7 Å². The Labute approximate surface area is 169 Å². The Morgan fingerprint density at radius 1 is 1.24 bits per heavy atom. The van der Waals surface area contributed by atoms with E-state index in [0.717, 1.165) is 25.7 Å². The second-order valence-corrected chi connectivity index (χ2v) is 7.84. The third-order valence-electron chi connectivity index (χ3n) is 5.86. The minimum Gasteiger partial charge on any atom is -0.478 e. The summed E-state index contributed by atoms with van der Waals surface area (Å²) in [6, 6.07) is 7.57.